The molecule has 0 saturated carbocycles. The molecular weight excluding hydrogens is 508 g/mol. The SMILES string of the molecule is CNC(=O)c1ccnc2c([C@H](C)CNc3cc(-c4cnc(CC5CCN(C)CC5)nc4)ncn3)cccc12.S. The maximum absolute atomic E-state index is 12.3. The molecule has 0 unspecified atom stereocenters. The summed E-state index contributed by atoms with van der Waals surface area (Å²) in [5.74, 6) is 2.30. The third kappa shape index (κ3) is 6.69. The summed E-state index contributed by atoms with van der Waals surface area (Å²) in [4.78, 5) is 37.4. The topological polar surface area (TPSA) is 109 Å². The summed E-state index contributed by atoms with van der Waals surface area (Å²) in [6, 6.07) is 9.65. The molecule has 4 heterocycles. The number of nitrogens with zero attached hydrogens (tertiary/aromatic N) is 6. The minimum Gasteiger partial charge on any atom is -0.369 e. The second-order valence-corrected chi connectivity index (χ2v) is 10.1. The van der Waals surface area contributed by atoms with E-state index in [4.69, 9.17) is 0 Å². The third-order valence-electron chi connectivity index (χ3n) is 7.37. The fourth-order valence-electron chi connectivity index (χ4n) is 5.03. The summed E-state index contributed by atoms with van der Waals surface area (Å²) in [6.45, 7) is 5.07. The zero-order valence-corrected chi connectivity index (χ0v) is 23.7. The largest absolute Gasteiger partial charge is 0.369 e. The number of pyridine rings is 1. The summed E-state index contributed by atoms with van der Waals surface area (Å²) in [5.41, 5.74) is 4.19. The Morgan fingerprint density at radius 2 is 1.85 bits per heavy atom. The van der Waals surface area contributed by atoms with Gasteiger partial charge in [0.25, 0.3) is 5.91 Å². The molecule has 1 amide bonds. The van der Waals surface area contributed by atoms with Crippen LogP contribution in [0.15, 0.2) is 55.2 Å². The first-order chi connectivity index (χ1) is 18.5. The Morgan fingerprint density at radius 3 is 2.59 bits per heavy atom. The summed E-state index contributed by atoms with van der Waals surface area (Å²) < 4.78 is 0. The number of carbonyl (C=O) groups is 1. The molecule has 1 aliphatic rings. The van der Waals surface area contributed by atoms with Crippen molar-refractivity contribution in [1.29, 1.82) is 0 Å². The number of piperidine rings is 1. The molecule has 3 aromatic heterocycles. The van der Waals surface area contributed by atoms with Crippen LogP contribution in [0.1, 0.15) is 47.4 Å². The molecule has 204 valence electrons. The lowest BCUT2D eigenvalue weighted by molar-refractivity contribution is 0.0964. The lowest BCUT2D eigenvalue weighted by atomic mass is 9.93. The van der Waals surface area contributed by atoms with Crippen molar-refractivity contribution in [2.24, 2.45) is 5.92 Å². The smallest absolute Gasteiger partial charge is 0.251 e. The van der Waals surface area contributed by atoms with Gasteiger partial charge in [-0.15, -0.1) is 0 Å². The van der Waals surface area contributed by atoms with E-state index in [1.165, 1.54) is 12.8 Å². The van der Waals surface area contributed by atoms with Gasteiger partial charge >= 0.3 is 0 Å². The molecule has 39 heavy (non-hydrogen) atoms. The molecule has 10 heteroatoms. The second-order valence-electron chi connectivity index (χ2n) is 10.1. The second kappa shape index (κ2) is 12.9. The number of benzene rings is 1. The van der Waals surface area contributed by atoms with Crippen LogP contribution in [0.25, 0.3) is 22.2 Å². The summed E-state index contributed by atoms with van der Waals surface area (Å²) in [5, 5.41) is 6.99. The normalized spacial score (nSPS) is 14.9. The number of likely N-dealkylation sites (tertiary alicyclic amines) is 1. The van der Waals surface area contributed by atoms with Gasteiger partial charge in [0.2, 0.25) is 0 Å². The highest BCUT2D eigenvalue weighted by atomic mass is 32.1. The number of nitrogens with one attached hydrogen (secondary N) is 2. The highest BCUT2D eigenvalue weighted by Gasteiger charge is 2.18. The Labute approximate surface area is 236 Å². The third-order valence-corrected chi connectivity index (χ3v) is 7.37. The van der Waals surface area contributed by atoms with Gasteiger partial charge in [0, 0.05) is 61.5 Å². The maximum atomic E-state index is 12.3. The molecule has 9 nitrogen and oxygen atoms in total. The van der Waals surface area contributed by atoms with Crippen molar-refractivity contribution in [3.63, 3.8) is 0 Å². The Bertz CT molecular complexity index is 1410. The molecule has 5 rings (SSSR count). The van der Waals surface area contributed by atoms with Crippen LogP contribution in [-0.4, -0.2) is 69.5 Å². The highest BCUT2D eigenvalue weighted by molar-refractivity contribution is 7.59. The van der Waals surface area contributed by atoms with Crippen molar-refractivity contribution >= 4 is 36.1 Å². The molecule has 0 aliphatic carbocycles. The molecule has 0 radical (unpaired) electrons. The predicted molar refractivity (Wildman–Crippen MR) is 159 cm³/mol. The molecule has 1 aromatic carbocycles. The Balaban J connectivity index is 0.00000353. The van der Waals surface area contributed by atoms with Crippen LogP contribution < -0.4 is 10.6 Å². The number of rotatable bonds is 8. The van der Waals surface area contributed by atoms with E-state index < -0.39 is 0 Å². The van der Waals surface area contributed by atoms with Gasteiger partial charge in [-0.05, 0) is 50.5 Å². The Morgan fingerprint density at radius 1 is 1.08 bits per heavy atom. The van der Waals surface area contributed by atoms with Gasteiger partial charge in [-0.25, -0.2) is 19.9 Å². The van der Waals surface area contributed by atoms with Gasteiger partial charge in [0.1, 0.15) is 18.0 Å². The van der Waals surface area contributed by atoms with Gasteiger partial charge < -0.3 is 15.5 Å². The quantitative estimate of drug-likeness (QED) is 0.342. The first-order valence-electron chi connectivity index (χ1n) is 13.2. The van der Waals surface area contributed by atoms with Gasteiger partial charge in [0.05, 0.1) is 16.8 Å². The Hall–Kier alpha value is -3.63. The minimum atomic E-state index is -0.118. The van der Waals surface area contributed by atoms with Crippen LogP contribution in [0.4, 0.5) is 5.82 Å². The summed E-state index contributed by atoms with van der Waals surface area (Å²) >= 11 is 0. The highest BCUT2D eigenvalue weighted by Crippen LogP contribution is 2.27. The number of hydrogen-bond acceptors (Lipinski definition) is 8. The standard InChI is InChI=1S/C29H34N8O.H2S/c1-19(22-5-4-6-23-24(29(38)30-2)7-10-31-28(22)23)15-32-27-14-25(35-18-36-27)21-16-33-26(34-17-21)13-20-8-11-37(3)12-9-20;/h4-7,10,14,16-20H,8-9,11-13,15H2,1-3H3,(H,30,38)(H,32,35,36);1H2/t19-;/m1./s1. The zero-order chi connectivity index (χ0) is 26.5. The van der Waals surface area contributed by atoms with E-state index in [9.17, 15) is 4.79 Å². The van der Waals surface area contributed by atoms with Gasteiger partial charge in [0.15, 0.2) is 0 Å². The minimum absolute atomic E-state index is 0. The number of aromatic nitrogens is 5. The molecule has 1 atom stereocenters. The molecule has 0 spiro atoms. The monoisotopic (exact) mass is 544 g/mol. The fourth-order valence-corrected chi connectivity index (χ4v) is 5.03. The van der Waals surface area contributed by atoms with Crippen LogP contribution in [0.2, 0.25) is 0 Å². The van der Waals surface area contributed by atoms with Crippen LogP contribution in [-0.2, 0) is 6.42 Å². The average Bonchev–Trinajstić information content (AvgIpc) is 2.96. The zero-order valence-electron chi connectivity index (χ0n) is 22.7. The molecule has 2 N–H and O–H groups in total. The van der Waals surface area contributed by atoms with E-state index in [2.05, 4.69) is 60.5 Å². The van der Waals surface area contributed by atoms with E-state index >= 15 is 0 Å². The average molecular weight is 545 g/mol. The molecule has 1 saturated heterocycles. The first-order valence-corrected chi connectivity index (χ1v) is 13.2. The van der Waals surface area contributed by atoms with Gasteiger partial charge in [-0.2, -0.15) is 13.5 Å². The number of anilines is 1. The van der Waals surface area contributed by atoms with Crippen molar-refractivity contribution in [2.75, 3.05) is 39.0 Å². The number of hydrogen-bond donors (Lipinski definition) is 2. The molecular formula is C29H36N8OS. The van der Waals surface area contributed by atoms with E-state index in [0.717, 1.165) is 58.9 Å². The number of fused-ring (bicyclic) bond motifs is 1. The number of amides is 1. The first kappa shape index (κ1) is 28.4. The summed E-state index contributed by atoms with van der Waals surface area (Å²) in [7, 11) is 3.82. The lowest BCUT2D eigenvalue weighted by Crippen LogP contribution is -2.31. The predicted octanol–water partition coefficient (Wildman–Crippen LogP) is 4.05. The number of para-hydroxylation sites is 1. The van der Waals surface area contributed by atoms with Crippen molar-refractivity contribution < 1.29 is 4.79 Å². The molecule has 1 aliphatic heterocycles. The van der Waals surface area contributed by atoms with Crippen LogP contribution in [0, 0.1) is 5.92 Å². The number of carbonyl (C=O) groups excluding carboxylic acids is 1. The molecule has 0 bridgehead atoms. The van der Waals surface area contributed by atoms with E-state index in [1.807, 2.05) is 30.6 Å². The van der Waals surface area contributed by atoms with Gasteiger partial charge in [-0.1, -0.05) is 25.1 Å². The van der Waals surface area contributed by atoms with E-state index in [0.29, 0.717) is 18.0 Å². The molecule has 4 aromatic rings. The van der Waals surface area contributed by atoms with Crippen molar-refractivity contribution in [1.82, 2.24) is 35.1 Å². The van der Waals surface area contributed by atoms with Crippen molar-refractivity contribution in [3.05, 3.63) is 72.2 Å². The van der Waals surface area contributed by atoms with Crippen LogP contribution in [0.3, 0.4) is 0 Å². The van der Waals surface area contributed by atoms with Gasteiger partial charge in [-0.3, -0.25) is 9.78 Å². The maximum Gasteiger partial charge on any atom is 0.251 e. The van der Waals surface area contributed by atoms with Crippen LogP contribution in [0.5, 0.6) is 0 Å². The lowest BCUT2D eigenvalue weighted by Gasteiger charge is -2.28. The van der Waals surface area contributed by atoms with Crippen LogP contribution >= 0.6 is 13.5 Å². The van der Waals surface area contributed by atoms with E-state index in [1.54, 1.807) is 25.6 Å². The van der Waals surface area contributed by atoms with Crippen molar-refractivity contribution in [3.8, 4) is 11.3 Å². The fraction of sp³-hybridized carbons (Fsp3) is 0.379. The van der Waals surface area contributed by atoms with Crippen molar-refractivity contribution in [2.45, 2.75) is 32.1 Å². The summed E-state index contributed by atoms with van der Waals surface area (Å²) in [6.07, 6.45) is 10.3. The Kier molecular flexibility index (Phi) is 9.42. The van der Waals surface area contributed by atoms with E-state index in [-0.39, 0.29) is 25.3 Å². The molecule has 1 fully saturated rings.